The second kappa shape index (κ2) is 16.8. The van der Waals surface area contributed by atoms with E-state index in [-0.39, 0.29) is 57.2 Å². The number of nitrogens with zero attached hydrogens (tertiary/aromatic N) is 2. The molecule has 0 aromatic heterocycles. The Bertz CT molecular complexity index is 3000. The van der Waals surface area contributed by atoms with Gasteiger partial charge in [-0.15, -0.1) is 0 Å². The van der Waals surface area contributed by atoms with Crippen LogP contribution in [0.3, 0.4) is 0 Å². The van der Waals surface area contributed by atoms with E-state index in [9.17, 15) is 0 Å². The van der Waals surface area contributed by atoms with Crippen molar-refractivity contribution in [3.05, 3.63) is 159 Å². The monoisotopic (exact) mass is 945 g/mol. The lowest BCUT2D eigenvalue weighted by molar-refractivity contribution is 0.0472. The fourth-order valence-electron chi connectivity index (χ4n) is 11.2. The second-order valence-electron chi connectivity index (χ2n) is 27.9. The maximum atomic E-state index is 15.1. The van der Waals surface area contributed by atoms with Crippen LogP contribution in [0.5, 0.6) is 0 Å². The molecule has 5 heteroatoms. The molecule has 9 rings (SSSR count). The van der Waals surface area contributed by atoms with Crippen LogP contribution in [0.1, 0.15) is 199 Å². The quantitative estimate of drug-likeness (QED) is 0.127. The van der Waals surface area contributed by atoms with Gasteiger partial charge in [-0.2, -0.15) is 0 Å². The average Bonchev–Trinajstić information content (AvgIpc) is 3.27. The number of esters is 1. The highest BCUT2D eigenvalue weighted by molar-refractivity contribution is 7.00. The predicted molar refractivity (Wildman–Crippen MR) is 305 cm³/mol. The molecular weight excluding hydrogens is 864 g/mol. The van der Waals surface area contributed by atoms with Crippen LogP contribution in [0.25, 0.3) is 0 Å². The molecule has 0 atom stereocenters. The number of benzene rings is 6. The average molecular weight is 945 g/mol. The summed E-state index contributed by atoms with van der Waals surface area (Å²) in [6.45, 7) is 44.6. The SMILES string of the molecule is CC(C)(C)c1cc(N2c3cc(C(C)(C)C)ccc3B3c4cc5c(cc4N(c4cc(C(C)(C)C)cc(C(C)(C)C)c4)c4cc(C(=O)OCc6ccccc6)cc2c43)C(C)(C)CCC5(C)C)cc(C(C)(C)C)c1. The molecule has 71 heavy (non-hydrogen) atoms. The predicted octanol–water partition coefficient (Wildman–Crippen LogP) is 16.0. The van der Waals surface area contributed by atoms with Gasteiger partial charge in [-0.1, -0.05) is 192 Å². The van der Waals surface area contributed by atoms with Crippen LogP contribution in [0, 0.1) is 0 Å². The maximum absolute atomic E-state index is 15.1. The van der Waals surface area contributed by atoms with Crippen LogP contribution < -0.4 is 26.2 Å². The topological polar surface area (TPSA) is 32.8 Å². The Kier molecular flexibility index (Phi) is 11.9. The van der Waals surface area contributed by atoms with Gasteiger partial charge in [-0.3, -0.25) is 0 Å². The lowest BCUT2D eigenvalue weighted by atomic mass is 9.33. The van der Waals surface area contributed by atoms with Gasteiger partial charge in [0.05, 0.1) is 5.56 Å². The van der Waals surface area contributed by atoms with E-state index >= 15 is 4.79 Å². The van der Waals surface area contributed by atoms with Gasteiger partial charge >= 0.3 is 5.97 Å². The molecule has 0 bridgehead atoms. The number of fused-ring (bicyclic) bond motifs is 5. The number of anilines is 6. The first-order valence-corrected chi connectivity index (χ1v) is 26.4. The maximum Gasteiger partial charge on any atom is 0.338 e. The van der Waals surface area contributed by atoms with Crippen molar-refractivity contribution in [2.24, 2.45) is 0 Å². The fourth-order valence-corrected chi connectivity index (χ4v) is 11.2. The molecule has 6 aromatic rings. The van der Waals surface area contributed by atoms with Gasteiger partial charge in [-0.05, 0) is 160 Å². The fraction of sp³-hybridized carbons (Fsp3) is 0.439. The third-order valence-corrected chi connectivity index (χ3v) is 16.2. The van der Waals surface area contributed by atoms with E-state index in [1.54, 1.807) is 0 Å². The van der Waals surface area contributed by atoms with Gasteiger partial charge < -0.3 is 14.5 Å². The summed E-state index contributed by atoms with van der Waals surface area (Å²) in [5.41, 5.74) is 20.5. The Labute approximate surface area is 428 Å². The van der Waals surface area contributed by atoms with Crippen LogP contribution in [0.15, 0.2) is 109 Å². The highest BCUT2D eigenvalue weighted by Crippen LogP contribution is 2.52. The third kappa shape index (κ3) is 9.18. The number of rotatable bonds is 5. The molecule has 0 amide bonds. The molecule has 6 aromatic carbocycles. The second-order valence-corrected chi connectivity index (χ2v) is 27.9. The van der Waals surface area contributed by atoms with E-state index < -0.39 is 0 Å². The number of carbonyl (C=O) groups excluding carboxylic acids is 1. The largest absolute Gasteiger partial charge is 0.457 e. The minimum Gasteiger partial charge on any atom is -0.457 e. The molecule has 3 aliphatic rings. The molecule has 0 unspecified atom stereocenters. The number of hydrogen-bond donors (Lipinski definition) is 0. The van der Waals surface area contributed by atoms with E-state index in [1.165, 1.54) is 61.0 Å². The van der Waals surface area contributed by atoms with Crippen molar-refractivity contribution in [2.45, 2.75) is 189 Å². The Morgan fingerprint density at radius 2 is 0.901 bits per heavy atom. The first-order chi connectivity index (χ1) is 32.7. The van der Waals surface area contributed by atoms with Gasteiger partial charge in [0.1, 0.15) is 6.61 Å². The summed E-state index contributed by atoms with van der Waals surface area (Å²) in [6.07, 6.45) is 2.23. The van der Waals surface area contributed by atoms with E-state index in [0.717, 1.165) is 46.8 Å². The molecule has 0 radical (unpaired) electrons. The smallest absolute Gasteiger partial charge is 0.338 e. The summed E-state index contributed by atoms with van der Waals surface area (Å²) in [6, 6.07) is 41.3. The lowest BCUT2D eigenvalue weighted by Crippen LogP contribution is -2.62. The molecule has 2 aliphatic heterocycles. The van der Waals surface area contributed by atoms with Crippen LogP contribution >= 0.6 is 0 Å². The van der Waals surface area contributed by atoms with Crippen LogP contribution in [-0.2, 0) is 49.2 Å². The minimum atomic E-state index is -0.338. The highest BCUT2D eigenvalue weighted by atomic mass is 16.5. The van der Waals surface area contributed by atoms with Gasteiger partial charge in [0.25, 0.3) is 6.71 Å². The van der Waals surface area contributed by atoms with E-state index in [0.29, 0.717) is 5.56 Å². The van der Waals surface area contributed by atoms with Crippen molar-refractivity contribution >= 4 is 63.2 Å². The van der Waals surface area contributed by atoms with Crippen LogP contribution in [0.2, 0.25) is 0 Å². The zero-order valence-corrected chi connectivity index (χ0v) is 46.8. The van der Waals surface area contributed by atoms with Crippen molar-refractivity contribution in [3.63, 3.8) is 0 Å². The van der Waals surface area contributed by atoms with Crippen LogP contribution in [-0.4, -0.2) is 12.7 Å². The van der Waals surface area contributed by atoms with Crippen LogP contribution in [0.4, 0.5) is 34.1 Å². The zero-order valence-electron chi connectivity index (χ0n) is 46.8. The van der Waals surface area contributed by atoms with Crippen molar-refractivity contribution in [1.29, 1.82) is 0 Å². The molecule has 0 saturated heterocycles. The summed E-state index contributed by atoms with van der Waals surface area (Å²) in [4.78, 5) is 20.1. The summed E-state index contributed by atoms with van der Waals surface area (Å²) in [7, 11) is 0. The number of carbonyl (C=O) groups is 1. The first kappa shape index (κ1) is 50.4. The summed E-state index contributed by atoms with van der Waals surface area (Å²) < 4.78 is 6.34. The third-order valence-electron chi connectivity index (χ3n) is 16.2. The van der Waals surface area contributed by atoms with Crippen molar-refractivity contribution in [3.8, 4) is 0 Å². The Balaban J connectivity index is 1.46. The Hall–Kier alpha value is -5.55. The van der Waals surface area contributed by atoms with Gasteiger partial charge in [0.2, 0.25) is 0 Å². The number of ether oxygens (including phenoxy) is 1. The van der Waals surface area contributed by atoms with Gasteiger partial charge in [-0.25, -0.2) is 4.79 Å². The molecule has 4 nitrogen and oxygen atoms in total. The van der Waals surface area contributed by atoms with Gasteiger partial charge in [0.15, 0.2) is 0 Å². The first-order valence-electron chi connectivity index (χ1n) is 26.4. The Morgan fingerprint density at radius 3 is 1.34 bits per heavy atom. The van der Waals surface area contributed by atoms with E-state index in [1.807, 2.05) is 30.3 Å². The summed E-state index contributed by atoms with van der Waals surface area (Å²) in [5, 5.41) is 0. The zero-order chi connectivity index (χ0) is 51.8. The minimum absolute atomic E-state index is 0.0118. The molecule has 370 valence electrons. The molecule has 0 fully saturated rings. The van der Waals surface area contributed by atoms with Gasteiger partial charge in [0, 0.05) is 34.1 Å². The van der Waals surface area contributed by atoms with E-state index in [2.05, 4.69) is 220 Å². The van der Waals surface area contributed by atoms with Crippen molar-refractivity contribution < 1.29 is 9.53 Å². The molecule has 2 heterocycles. The highest BCUT2D eigenvalue weighted by Gasteiger charge is 2.47. The molecule has 1 aliphatic carbocycles. The van der Waals surface area contributed by atoms with Crippen molar-refractivity contribution in [1.82, 2.24) is 0 Å². The summed E-state index contributed by atoms with van der Waals surface area (Å²) >= 11 is 0. The number of hydrogen-bond acceptors (Lipinski definition) is 4. The molecule has 0 N–H and O–H groups in total. The van der Waals surface area contributed by atoms with Crippen molar-refractivity contribution in [2.75, 3.05) is 9.80 Å². The summed E-state index contributed by atoms with van der Waals surface area (Å²) in [5.74, 6) is -0.338. The Morgan fingerprint density at radius 1 is 0.479 bits per heavy atom. The molecule has 0 spiro atoms. The standard InChI is InChI=1S/C66H81BN2O2/c1-60(2,3)43-25-26-52-54(37-43)68(48-33-44(61(4,5)6)31-45(34-48)62(7,8)9)56-29-42(59(70)71-40-41-23-21-20-22-24-41)30-57-58(56)67(52)53-38-50-51(66(18,19)28-27-65(50,16)17)39-55(53)69(57)49-35-46(63(10,11)12)32-47(36-49)64(13,14)15/h20-26,29-39H,27-28,40H2,1-19H3. The molecular formula is C66H81BN2O2. The molecule has 0 saturated carbocycles. The van der Waals surface area contributed by atoms with E-state index in [4.69, 9.17) is 4.74 Å². The lowest BCUT2D eigenvalue weighted by Gasteiger charge is -2.48. The normalized spacial score (nSPS) is 16.2.